The number of rotatable bonds is 17. The van der Waals surface area contributed by atoms with Gasteiger partial charge in [0.2, 0.25) is 10.6 Å². The van der Waals surface area contributed by atoms with Gasteiger partial charge >= 0.3 is 12.1 Å². The molecular formula is C39H56Cl2N9O10PSi. The molecule has 2 saturated heterocycles. The molecule has 0 aliphatic carbocycles. The molecule has 6 rings (SSSR count). The van der Waals surface area contributed by atoms with Gasteiger partial charge in [-0.1, -0.05) is 49.4 Å². The maximum absolute atomic E-state index is 14.4. The minimum atomic E-state index is -3.55. The largest absolute Gasteiger partial charge is 0.463 e. The van der Waals surface area contributed by atoms with E-state index >= 15 is 0 Å². The van der Waals surface area contributed by atoms with Crippen molar-refractivity contribution in [2.24, 2.45) is 0 Å². The van der Waals surface area contributed by atoms with Crippen LogP contribution >= 0.6 is 30.3 Å². The van der Waals surface area contributed by atoms with Crippen LogP contribution in [-0.2, 0) is 62.2 Å². The van der Waals surface area contributed by atoms with Crippen LogP contribution in [0.15, 0.2) is 30.5 Å². The zero-order chi connectivity index (χ0) is 45.4. The molecule has 4 aromatic rings. The van der Waals surface area contributed by atoms with Crippen molar-refractivity contribution in [2.75, 3.05) is 38.1 Å². The number of halogens is 2. The van der Waals surface area contributed by atoms with Crippen molar-refractivity contribution < 1.29 is 47.3 Å². The van der Waals surface area contributed by atoms with Crippen molar-refractivity contribution in [2.45, 2.75) is 128 Å². The van der Waals surface area contributed by atoms with Crippen LogP contribution in [0.4, 0.5) is 10.6 Å². The average molecular weight is 941 g/mol. The Bertz CT molecular complexity index is 2300. The van der Waals surface area contributed by atoms with Crippen LogP contribution in [0.1, 0.15) is 59.2 Å². The van der Waals surface area contributed by atoms with Crippen LogP contribution in [0.2, 0.25) is 36.0 Å². The van der Waals surface area contributed by atoms with Gasteiger partial charge in [-0.3, -0.25) is 4.90 Å². The van der Waals surface area contributed by atoms with Crippen molar-refractivity contribution in [1.29, 1.82) is 0 Å². The highest BCUT2D eigenvalue weighted by Gasteiger charge is 2.59. The van der Waals surface area contributed by atoms with E-state index in [1.807, 2.05) is 0 Å². The van der Waals surface area contributed by atoms with Crippen molar-refractivity contribution >= 4 is 67.3 Å². The number of nitrogens with zero attached hydrogens (tertiary/aromatic N) is 9. The first-order valence-corrected chi connectivity index (χ1v) is 27.3. The van der Waals surface area contributed by atoms with Gasteiger partial charge < -0.3 is 37.7 Å². The van der Waals surface area contributed by atoms with E-state index in [1.54, 1.807) is 65.8 Å². The standard InChI is InChI=1S/C39H56Cl2N9O10PSi/c1-12-55-34(51)39(61(7,8)53,19-28-45-46-47-49(28)23-54-17-18-62(9,10)11)56-22-27-29-30(59-38(5,6)58-29)33(57-27)50-32-25(20-42-50)31(43-35(41)44-32)48(36(52)60-37(2,3)4)21-24-15-13-14-16-26(24)40/h13-16,20,27,29-30,33H,12,17-19,21-23H2,1-11H3/t27-,29-,30-,33-,39?/m1/s1. The van der Waals surface area contributed by atoms with E-state index < -0.39 is 68.5 Å². The summed E-state index contributed by atoms with van der Waals surface area (Å²) in [6, 6.07) is 8.02. The minimum absolute atomic E-state index is 0.00491. The Morgan fingerprint density at radius 1 is 1.06 bits per heavy atom. The van der Waals surface area contributed by atoms with E-state index in [0.29, 0.717) is 22.6 Å². The van der Waals surface area contributed by atoms with E-state index in [1.165, 1.54) is 33.8 Å². The van der Waals surface area contributed by atoms with Gasteiger partial charge in [0.05, 0.1) is 37.8 Å². The molecule has 0 saturated carbocycles. The molecule has 0 bridgehead atoms. The molecule has 1 aromatic carbocycles. The highest BCUT2D eigenvalue weighted by Crippen LogP contribution is 2.55. The highest BCUT2D eigenvalue weighted by molar-refractivity contribution is 7.64. The summed E-state index contributed by atoms with van der Waals surface area (Å²) in [5.74, 6) is -1.60. The van der Waals surface area contributed by atoms with E-state index in [2.05, 4.69) is 50.2 Å². The van der Waals surface area contributed by atoms with Crippen LogP contribution in [0.25, 0.3) is 11.0 Å². The Labute approximate surface area is 371 Å². The van der Waals surface area contributed by atoms with Crippen LogP contribution in [0, 0.1) is 0 Å². The second-order valence-electron chi connectivity index (χ2n) is 18.2. The molecule has 2 aliphatic rings. The first kappa shape index (κ1) is 47.9. The van der Waals surface area contributed by atoms with Gasteiger partial charge in [-0.15, -0.1) is 5.10 Å². The van der Waals surface area contributed by atoms with Crippen LogP contribution in [-0.4, -0.2) is 128 Å². The van der Waals surface area contributed by atoms with Crippen molar-refractivity contribution in [3.63, 3.8) is 0 Å². The van der Waals surface area contributed by atoms with Gasteiger partial charge in [-0.05, 0) is 94.6 Å². The number of carbonyl (C=O) groups excluding carboxylic acids is 2. The summed E-state index contributed by atoms with van der Waals surface area (Å²) in [6.45, 7) is 20.3. The molecule has 19 nitrogen and oxygen atoms in total. The van der Waals surface area contributed by atoms with Gasteiger partial charge in [0.15, 0.2) is 29.3 Å². The lowest BCUT2D eigenvalue weighted by Crippen LogP contribution is -2.48. The molecule has 0 spiro atoms. The molecule has 3 aromatic heterocycles. The third kappa shape index (κ3) is 10.8. The zero-order valence-electron chi connectivity index (χ0n) is 37.0. The smallest absolute Gasteiger partial charge is 0.416 e. The molecule has 23 heteroatoms. The Balaban J connectivity index is 1.33. The van der Waals surface area contributed by atoms with Gasteiger partial charge in [-0.2, -0.15) is 15.1 Å². The molecule has 0 N–H and O–H groups in total. The number of benzene rings is 1. The molecule has 5 atom stereocenters. The predicted octanol–water partition coefficient (Wildman–Crippen LogP) is 6.93. The Kier molecular flexibility index (Phi) is 14.3. The summed E-state index contributed by atoms with van der Waals surface area (Å²) < 4.78 is 60.4. The number of hydrogen-bond acceptors (Lipinski definition) is 16. The number of hydrogen-bond donors (Lipinski definition) is 0. The summed E-state index contributed by atoms with van der Waals surface area (Å²) in [6.07, 6.45) is -3.00. The second-order valence-corrected chi connectivity index (χ2v) is 28.0. The van der Waals surface area contributed by atoms with E-state index in [9.17, 15) is 14.2 Å². The number of amides is 1. The molecule has 1 unspecified atom stereocenters. The number of esters is 1. The fourth-order valence-electron chi connectivity index (χ4n) is 7.01. The first-order valence-electron chi connectivity index (χ1n) is 20.3. The fourth-order valence-corrected chi connectivity index (χ4v) is 9.54. The molecule has 62 heavy (non-hydrogen) atoms. The molecular weight excluding hydrogens is 884 g/mol. The Hall–Kier alpha value is -3.59. The lowest BCUT2D eigenvalue weighted by molar-refractivity contribution is -0.207. The third-order valence-corrected chi connectivity index (χ3v) is 14.5. The number of fused-ring (bicyclic) bond motifs is 2. The molecule has 2 fully saturated rings. The molecule has 340 valence electrons. The number of anilines is 1. The molecule has 1 amide bonds. The summed E-state index contributed by atoms with van der Waals surface area (Å²) in [5, 5.41) is 15.3. The van der Waals surface area contributed by atoms with E-state index in [-0.39, 0.29) is 55.5 Å². The quantitative estimate of drug-likeness (QED) is 0.0346. The number of aromatic nitrogens is 8. The van der Waals surface area contributed by atoms with Gasteiger partial charge in [0.1, 0.15) is 37.8 Å². The first-order chi connectivity index (χ1) is 28.9. The van der Waals surface area contributed by atoms with Gasteiger partial charge in [0.25, 0.3) is 0 Å². The van der Waals surface area contributed by atoms with Gasteiger partial charge in [0, 0.05) is 19.7 Å². The third-order valence-electron chi connectivity index (χ3n) is 10.1. The molecule has 2 aliphatic heterocycles. The van der Waals surface area contributed by atoms with Gasteiger partial charge in [-0.25, -0.2) is 19.0 Å². The Morgan fingerprint density at radius 3 is 2.44 bits per heavy atom. The topological polar surface area (TPSA) is 206 Å². The normalized spacial score (nSPS) is 21.2. The SMILES string of the molecule is CCOC(=O)C(Cc1nnnn1COCC[Si](C)(C)C)(OC[C@H]1O[C@@H](n2ncc3c(N(Cc4ccccc4Cl)C(=O)OC(C)(C)C)nc(Cl)nc32)[C@@H]2OC(C)(C)O[C@@H]21)P(C)(C)=O. The molecule has 5 heterocycles. The predicted molar refractivity (Wildman–Crippen MR) is 232 cm³/mol. The zero-order valence-corrected chi connectivity index (χ0v) is 40.4. The van der Waals surface area contributed by atoms with Crippen molar-refractivity contribution in [3.8, 4) is 0 Å². The fraction of sp³-hybridized carbons (Fsp3) is 0.641. The maximum Gasteiger partial charge on any atom is 0.416 e. The lowest BCUT2D eigenvalue weighted by atomic mass is 10.1. The summed E-state index contributed by atoms with van der Waals surface area (Å²) >= 11 is 13.2. The summed E-state index contributed by atoms with van der Waals surface area (Å²) in [5.41, 5.74) is -0.0159. The summed E-state index contributed by atoms with van der Waals surface area (Å²) in [7, 11) is -4.92. The second kappa shape index (κ2) is 18.5. The maximum atomic E-state index is 14.4. The molecule has 0 radical (unpaired) electrons. The highest BCUT2D eigenvalue weighted by atomic mass is 35.5. The summed E-state index contributed by atoms with van der Waals surface area (Å²) in [4.78, 5) is 38.2. The Morgan fingerprint density at radius 2 is 1.77 bits per heavy atom. The van der Waals surface area contributed by atoms with Crippen LogP contribution < -0.4 is 4.90 Å². The number of carbonyl (C=O) groups is 2. The van der Waals surface area contributed by atoms with Crippen molar-refractivity contribution in [1.82, 2.24) is 40.0 Å². The van der Waals surface area contributed by atoms with E-state index in [4.69, 9.17) is 56.4 Å². The minimum Gasteiger partial charge on any atom is -0.463 e. The lowest BCUT2D eigenvalue weighted by Gasteiger charge is -2.35. The van der Waals surface area contributed by atoms with Crippen LogP contribution in [0.5, 0.6) is 0 Å². The van der Waals surface area contributed by atoms with E-state index in [0.717, 1.165) is 6.04 Å². The number of tetrazole rings is 1. The monoisotopic (exact) mass is 939 g/mol. The number of ether oxygens (including phenoxy) is 7. The van der Waals surface area contributed by atoms with Crippen LogP contribution in [0.3, 0.4) is 0 Å². The van der Waals surface area contributed by atoms with Crippen molar-refractivity contribution in [3.05, 3.63) is 52.2 Å². The average Bonchev–Trinajstić information content (AvgIpc) is 3.92.